The lowest BCUT2D eigenvalue weighted by Crippen LogP contribution is -1.93. The van der Waals surface area contributed by atoms with Crippen LogP contribution in [0.15, 0.2) is 36.7 Å². The molecule has 2 heterocycles. The minimum absolute atomic E-state index is 0.0407. The van der Waals surface area contributed by atoms with Gasteiger partial charge in [-0.2, -0.15) is 5.26 Å². The number of nitrogens with zero attached hydrogens (tertiary/aromatic N) is 3. The summed E-state index contributed by atoms with van der Waals surface area (Å²) in [6.07, 6.45) is 2.48. The monoisotopic (exact) mass is 343 g/mol. The lowest BCUT2D eigenvalue weighted by atomic mass is 10.0. The first-order chi connectivity index (χ1) is 11.5. The zero-order valence-corrected chi connectivity index (χ0v) is 12.6. The van der Waals surface area contributed by atoms with Crippen LogP contribution in [0.25, 0.3) is 21.8 Å². The molecule has 0 saturated heterocycles. The molecule has 3 aromatic rings. The summed E-state index contributed by atoms with van der Waals surface area (Å²) < 4.78 is 26.9. The van der Waals surface area contributed by atoms with Crippen LogP contribution in [0.2, 0.25) is 0 Å². The molecular formula is C16H7F2N3O2S. The molecule has 0 fully saturated rings. The summed E-state index contributed by atoms with van der Waals surface area (Å²) >= 11 is 0.914. The molecule has 118 valence electrons. The van der Waals surface area contributed by atoms with Crippen LogP contribution >= 0.6 is 11.3 Å². The SMILES string of the molecule is N#Cc1cc(-c2ncc(C(=O)O)s2)ncc1-c1ccc(F)cc1F. The van der Waals surface area contributed by atoms with Crippen LogP contribution in [-0.4, -0.2) is 21.0 Å². The first kappa shape index (κ1) is 15.7. The second kappa shape index (κ2) is 6.14. The van der Waals surface area contributed by atoms with Gasteiger partial charge in [-0.25, -0.2) is 18.6 Å². The number of hydrogen-bond donors (Lipinski definition) is 1. The van der Waals surface area contributed by atoms with Crippen molar-refractivity contribution in [2.45, 2.75) is 0 Å². The maximum Gasteiger partial charge on any atom is 0.347 e. The molecule has 0 atom stereocenters. The van der Waals surface area contributed by atoms with Crippen molar-refractivity contribution in [2.75, 3.05) is 0 Å². The highest BCUT2D eigenvalue weighted by Crippen LogP contribution is 2.30. The van der Waals surface area contributed by atoms with E-state index in [2.05, 4.69) is 9.97 Å². The van der Waals surface area contributed by atoms with Gasteiger partial charge in [0.05, 0.1) is 17.8 Å². The average Bonchev–Trinajstić information content (AvgIpc) is 3.05. The Hall–Kier alpha value is -3.18. The minimum atomic E-state index is -1.11. The highest BCUT2D eigenvalue weighted by atomic mass is 32.1. The maximum absolute atomic E-state index is 13.9. The number of carboxylic acid groups (broad SMARTS) is 1. The third-order valence-corrected chi connectivity index (χ3v) is 4.19. The van der Waals surface area contributed by atoms with Crippen LogP contribution < -0.4 is 0 Å². The molecule has 24 heavy (non-hydrogen) atoms. The molecular weight excluding hydrogens is 336 g/mol. The Morgan fingerprint density at radius 1 is 1.17 bits per heavy atom. The van der Waals surface area contributed by atoms with E-state index in [0.29, 0.717) is 10.7 Å². The van der Waals surface area contributed by atoms with E-state index in [0.717, 1.165) is 23.5 Å². The van der Waals surface area contributed by atoms with Crippen molar-refractivity contribution in [3.63, 3.8) is 0 Å². The Kier molecular flexibility index (Phi) is 4.02. The average molecular weight is 343 g/mol. The fourth-order valence-electron chi connectivity index (χ4n) is 2.08. The number of halogens is 2. The minimum Gasteiger partial charge on any atom is -0.477 e. The molecule has 5 nitrogen and oxygen atoms in total. The molecule has 2 aromatic heterocycles. The highest BCUT2D eigenvalue weighted by Gasteiger charge is 2.16. The van der Waals surface area contributed by atoms with Crippen molar-refractivity contribution < 1.29 is 18.7 Å². The number of rotatable bonds is 3. The molecule has 0 aliphatic heterocycles. The molecule has 1 N–H and O–H groups in total. The summed E-state index contributed by atoms with van der Waals surface area (Å²) in [5, 5.41) is 18.6. The van der Waals surface area contributed by atoms with Gasteiger partial charge >= 0.3 is 5.97 Å². The second-order valence-electron chi connectivity index (χ2n) is 4.69. The Bertz CT molecular complexity index is 995. The van der Waals surface area contributed by atoms with Gasteiger partial charge in [-0.3, -0.25) is 4.98 Å². The summed E-state index contributed by atoms with van der Waals surface area (Å²) in [6, 6.07) is 6.37. The van der Waals surface area contributed by atoms with Gasteiger partial charge in [-0.15, -0.1) is 11.3 Å². The number of nitriles is 1. The van der Waals surface area contributed by atoms with E-state index in [1.54, 1.807) is 0 Å². The van der Waals surface area contributed by atoms with Crippen LogP contribution in [0.4, 0.5) is 8.78 Å². The van der Waals surface area contributed by atoms with Gasteiger partial charge < -0.3 is 5.11 Å². The zero-order valence-electron chi connectivity index (χ0n) is 11.8. The summed E-state index contributed by atoms with van der Waals surface area (Å²) in [5.74, 6) is -2.63. The highest BCUT2D eigenvalue weighted by molar-refractivity contribution is 7.16. The molecule has 0 aliphatic rings. The van der Waals surface area contributed by atoms with Gasteiger partial charge in [0, 0.05) is 23.4 Å². The third-order valence-electron chi connectivity index (χ3n) is 3.18. The Morgan fingerprint density at radius 3 is 2.58 bits per heavy atom. The number of pyridine rings is 1. The summed E-state index contributed by atoms with van der Waals surface area (Å²) in [4.78, 5) is 19.0. The zero-order chi connectivity index (χ0) is 17.3. The largest absolute Gasteiger partial charge is 0.477 e. The van der Waals surface area contributed by atoms with E-state index in [4.69, 9.17) is 5.11 Å². The number of aromatic carboxylic acids is 1. The number of hydrogen-bond acceptors (Lipinski definition) is 5. The number of benzene rings is 1. The van der Waals surface area contributed by atoms with Crippen LogP contribution in [0.3, 0.4) is 0 Å². The molecule has 8 heteroatoms. The number of carboxylic acids is 1. The number of thiazole rings is 1. The van der Waals surface area contributed by atoms with Gasteiger partial charge in [0.2, 0.25) is 0 Å². The van der Waals surface area contributed by atoms with Gasteiger partial charge in [-0.05, 0) is 18.2 Å². The molecule has 0 bridgehead atoms. The normalized spacial score (nSPS) is 10.4. The van der Waals surface area contributed by atoms with Crippen LogP contribution in [0.1, 0.15) is 15.2 Å². The summed E-state index contributed by atoms with van der Waals surface area (Å²) in [6.45, 7) is 0. The van der Waals surface area contributed by atoms with E-state index in [-0.39, 0.29) is 21.6 Å². The van der Waals surface area contributed by atoms with E-state index >= 15 is 0 Å². The quantitative estimate of drug-likeness (QED) is 0.783. The molecule has 0 saturated carbocycles. The van der Waals surface area contributed by atoms with Gasteiger partial charge in [0.25, 0.3) is 0 Å². The molecule has 3 rings (SSSR count). The summed E-state index contributed by atoms with van der Waals surface area (Å²) in [5.41, 5.74) is 0.694. The topological polar surface area (TPSA) is 86.9 Å². The standard InChI is InChI=1S/C16H7F2N3O2S/c17-9-1-2-10(12(18)4-9)11-6-20-13(3-8(11)5-19)15-21-7-14(24-15)16(22)23/h1-4,6-7H,(H,22,23). The van der Waals surface area contributed by atoms with E-state index in [9.17, 15) is 18.8 Å². The van der Waals surface area contributed by atoms with Crippen molar-refractivity contribution in [3.05, 3.63) is 58.7 Å². The predicted octanol–water partition coefficient (Wildman–Crippen LogP) is 3.72. The third kappa shape index (κ3) is 2.85. The number of aromatic nitrogens is 2. The lowest BCUT2D eigenvalue weighted by Gasteiger charge is -2.06. The first-order valence-corrected chi connectivity index (χ1v) is 7.36. The molecule has 0 unspecified atom stereocenters. The van der Waals surface area contributed by atoms with Gasteiger partial charge in [-0.1, -0.05) is 0 Å². The second-order valence-corrected chi connectivity index (χ2v) is 5.72. The predicted molar refractivity (Wildman–Crippen MR) is 82.4 cm³/mol. The van der Waals surface area contributed by atoms with Crippen molar-refractivity contribution in [1.82, 2.24) is 9.97 Å². The van der Waals surface area contributed by atoms with Crippen molar-refractivity contribution in [1.29, 1.82) is 5.26 Å². The van der Waals surface area contributed by atoms with Crippen molar-refractivity contribution in [2.24, 2.45) is 0 Å². The van der Waals surface area contributed by atoms with Crippen LogP contribution in [-0.2, 0) is 0 Å². The van der Waals surface area contributed by atoms with Crippen molar-refractivity contribution in [3.8, 4) is 27.9 Å². The molecule has 0 aliphatic carbocycles. The van der Waals surface area contributed by atoms with E-state index in [1.165, 1.54) is 24.5 Å². The molecule has 0 amide bonds. The Labute approximate surface area is 138 Å². The van der Waals surface area contributed by atoms with Gasteiger partial charge in [0.1, 0.15) is 27.2 Å². The fraction of sp³-hybridized carbons (Fsp3) is 0. The van der Waals surface area contributed by atoms with Crippen molar-refractivity contribution >= 4 is 17.3 Å². The van der Waals surface area contributed by atoms with Crippen LogP contribution in [0, 0.1) is 23.0 Å². The fourth-order valence-corrected chi connectivity index (χ4v) is 2.80. The smallest absolute Gasteiger partial charge is 0.347 e. The lowest BCUT2D eigenvalue weighted by molar-refractivity contribution is 0.0702. The maximum atomic E-state index is 13.9. The van der Waals surface area contributed by atoms with Crippen LogP contribution in [0.5, 0.6) is 0 Å². The van der Waals surface area contributed by atoms with Gasteiger partial charge in [0.15, 0.2) is 0 Å². The molecule has 0 radical (unpaired) electrons. The Balaban J connectivity index is 2.08. The Morgan fingerprint density at radius 2 is 1.96 bits per heavy atom. The first-order valence-electron chi connectivity index (χ1n) is 6.54. The van der Waals surface area contributed by atoms with E-state index < -0.39 is 17.6 Å². The molecule has 1 aromatic carbocycles. The number of carbonyl (C=O) groups is 1. The summed E-state index contributed by atoms with van der Waals surface area (Å²) in [7, 11) is 0. The molecule has 0 spiro atoms. The van der Waals surface area contributed by atoms with E-state index in [1.807, 2.05) is 6.07 Å².